The molecular weight excluding hydrogens is 402 g/mol. The third-order valence-electron chi connectivity index (χ3n) is 4.17. The van der Waals surface area contributed by atoms with E-state index in [1.54, 1.807) is 17.6 Å². The van der Waals surface area contributed by atoms with Gasteiger partial charge in [-0.3, -0.25) is 4.79 Å². The topological polar surface area (TPSA) is 63.6 Å². The van der Waals surface area contributed by atoms with Gasteiger partial charge in [-0.05, 0) is 30.7 Å². The second-order valence-electron chi connectivity index (χ2n) is 6.48. The average molecular weight is 428 g/mol. The highest BCUT2D eigenvalue weighted by Gasteiger charge is 2.07. The summed E-state index contributed by atoms with van der Waals surface area (Å²) in [6, 6.07) is 15.7. The van der Waals surface area contributed by atoms with Gasteiger partial charge in [-0.2, -0.15) is 5.10 Å². The zero-order chi connectivity index (χ0) is 20.3. The van der Waals surface area contributed by atoms with Crippen LogP contribution in [0.4, 0.5) is 0 Å². The Morgan fingerprint density at radius 1 is 1.17 bits per heavy atom. The summed E-state index contributed by atoms with van der Waals surface area (Å²) in [5.74, 6) is 0.890. The Labute approximate surface area is 179 Å². The number of rotatable bonds is 11. The number of ether oxygens (including phenoxy) is 1. The molecule has 0 aliphatic rings. The smallest absolute Gasteiger partial charge is 0.250 e. The number of hydrazone groups is 1. The summed E-state index contributed by atoms with van der Waals surface area (Å²) >= 11 is 3.01. The van der Waals surface area contributed by atoms with Crippen molar-refractivity contribution in [1.29, 1.82) is 0 Å². The molecule has 3 aromatic rings. The van der Waals surface area contributed by atoms with Gasteiger partial charge in [-0.25, -0.2) is 10.4 Å². The number of aromatic nitrogens is 1. The minimum absolute atomic E-state index is 0.163. The Kier molecular flexibility index (Phi) is 8.52. The van der Waals surface area contributed by atoms with Crippen molar-refractivity contribution in [2.24, 2.45) is 5.10 Å². The van der Waals surface area contributed by atoms with Crippen molar-refractivity contribution in [2.45, 2.75) is 36.9 Å². The zero-order valence-electron chi connectivity index (χ0n) is 16.5. The quantitative estimate of drug-likeness (QED) is 0.190. The molecule has 152 valence electrons. The molecule has 0 aliphatic carbocycles. The van der Waals surface area contributed by atoms with Gasteiger partial charge in [-0.15, -0.1) is 11.3 Å². The molecule has 3 rings (SSSR count). The minimum Gasteiger partial charge on any atom is -0.493 e. The number of benzene rings is 2. The number of carbonyl (C=O) groups is 1. The fourth-order valence-corrected chi connectivity index (χ4v) is 4.54. The second kappa shape index (κ2) is 11.6. The van der Waals surface area contributed by atoms with Crippen LogP contribution in [-0.2, 0) is 4.79 Å². The number of carbonyl (C=O) groups excluding carboxylic acids is 1. The van der Waals surface area contributed by atoms with Crippen molar-refractivity contribution in [3.8, 4) is 5.75 Å². The Hall–Kier alpha value is -2.38. The largest absolute Gasteiger partial charge is 0.493 e. The molecule has 0 spiro atoms. The molecule has 1 aromatic heterocycles. The van der Waals surface area contributed by atoms with Crippen molar-refractivity contribution >= 4 is 45.4 Å². The third kappa shape index (κ3) is 6.87. The SMILES string of the molecule is CCCCCCOc1ccccc1/C=N/NC(=O)CSc1nc2ccccc2s1. The lowest BCUT2D eigenvalue weighted by Crippen LogP contribution is -2.19. The number of amides is 1. The summed E-state index contributed by atoms with van der Waals surface area (Å²) in [5.41, 5.74) is 4.39. The van der Waals surface area contributed by atoms with Crippen molar-refractivity contribution in [2.75, 3.05) is 12.4 Å². The normalized spacial score (nSPS) is 11.2. The Morgan fingerprint density at radius 2 is 2.00 bits per heavy atom. The van der Waals surface area contributed by atoms with E-state index in [4.69, 9.17) is 4.74 Å². The van der Waals surface area contributed by atoms with E-state index in [-0.39, 0.29) is 11.7 Å². The van der Waals surface area contributed by atoms with E-state index in [2.05, 4.69) is 22.4 Å². The minimum atomic E-state index is -0.163. The summed E-state index contributed by atoms with van der Waals surface area (Å²) < 4.78 is 7.87. The lowest BCUT2D eigenvalue weighted by molar-refractivity contribution is -0.118. The molecule has 0 aliphatic heterocycles. The predicted octanol–water partition coefficient (Wildman–Crippen LogP) is 5.50. The fraction of sp³-hybridized carbons (Fsp3) is 0.318. The van der Waals surface area contributed by atoms with E-state index in [9.17, 15) is 4.79 Å². The van der Waals surface area contributed by atoms with E-state index in [1.807, 2.05) is 48.5 Å². The van der Waals surface area contributed by atoms with Crippen LogP contribution in [-0.4, -0.2) is 29.5 Å². The van der Waals surface area contributed by atoms with Crippen molar-refractivity contribution in [1.82, 2.24) is 10.4 Å². The number of fused-ring (bicyclic) bond motifs is 1. The maximum absolute atomic E-state index is 12.1. The van der Waals surface area contributed by atoms with Gasteiger partial charge in [0.25, 0.3) is 5.91 Å². The first-order valence-corrected chi connectivity index (χ1v) is 11.6. The van der Waals surface area contributed by atoms with E-state index >= 15 is 0 Å². The molecule has 0 unspecified atom stereocenters. The first-order valence-electron chi connectivity index (χ1n) is 9.78. The monoisotopic (exact) mass is 427 g/mol. The Morgan fingerprint density at radius 3 is 2.86 bits per heavy atom. The summed E-state index contributed by atoms with van der Waals surface area (Å²) in [6.45, 7) is 2.88. The Balaban J connectivity index is 1.45. The highest BCUT2D eigenvalue weighted by Crippen LogP contribution is 2.29. The van der Waals surface area contributed by atoms with Gasteiger partial charge in [0.2, 0.25) is 0 Å². The number of hydrogen-bond donors (Lipinski definition) is 1. The summed E-state index contributed by atoms with van der Waals surface area (Å²) in [4.78, 5) is 16.6. The highest BCUT2D eigenvalue weighted by molar-refractivity contribution is 8.01. The van der Waals surface area contributed by atoms with Gasteiger partial charge in [0.15, 0.2) is 4.34 Å². The van der Waals surface area contributed by atoms with Crippen LogP contribution in [0, 0.1) is 0 Å². The van der Waals surface area contributed by atoms with Gasteiger partial charge < -0.3 is 4.74 Å². The maximum Gasteiger partial charge on any atom is 0.250 e. The van der Waals surface area contributed by atoms with Gasteiger partial charge in [0.1, 0.15) is 5.75 Å². The van der Waals surface area contributed by atoms with Crippen LogP contribution >= 0.6 is 23.1 Å². The number of nitrogens with zero attached hydrogens (tertiary/aromatic N) is 2. The van der Waals surface area contributed by atoms with Crippen LogP contribution in [0.1, 0.15) is 38.2 Å². The van der Waals surface area contributed by atoms with Crippen LogP contribution in [0.3, 0.4) is 0 Å². The number of para-hydroxylation sites is 2. The first-order chi connectivity index (χ1) is 14.3. The van der Waals surface area contributed by atoms with Crippen LogP contribution in [0.2, 0.25) is 0 Å². The molecule has 29 heavy (non-hydrogen) atoms. The van der Waals surface area contributed by atoms with Crippen molar-refractivity contribution in [3.05, 3.63) is 54.1 Å². The van der Waals surface area contributed by atoms with E-state index in [0.717, 1.165) is 32.3 Å². The van der Waals surface area contributed by atoms with Gasteiger partial charge >= 0.3 is 0 Å². The Bertz CT molecular complexity index is 923. The average Bonchev–Trinajstić information content (AvgIpc) is 3.16. The van der Waals surface area contributed by atoms with Crippen LogP contribution in [0.5, 0.6) is 5.75 Å². The summed E-state index contributed by atoms with van der Waals surface area (Å²) in [5, 5.41) is 4.08. The molecule has 0 saturated heterocycles. The first kappa shape index (κ1) is 21.3. The predicted molar refractivity (Wildman–Crippen MR) is 122 cm³/mol. The number of nitrogens with one attached hydrogen (secondary N) is 1. The number of thioether (sulfide) groups is 1. The molecular formula is C22H25N3O2S2. The van der Waals surface area contributed by atoms with Crippen LogP contribution < -0.4 is 10.2 Å². The maximum atomic E-state index is 12.1. The van der Waals surface area contributed by atoms with E-state index < -0.39 is 0 Å². The van der Waals surface area contributed by atoms with Gasteiger partial charge in [-0.1, -0.05) is 62.2 Å². The number of hydrogen-bond acceptors (Lipinski definition) is 6. The van der Waals surface area contributed by atoms with Gasteiger partial charge in [0, 0.05) is 5.56 Å². The molecule has 1 amide bonds. The molecule has 0 atom stereocenters. The molecule has 0 bridgehead atoms. The molecule has 0 saturated carbocycles. The molecule has 1 N–H and O–H groups in total. The highest BCUT2D eigenvalue weighted by atomic mass is 32.2. The molecule has 7 heteroatoms. The van der Waals surface area contributed by atoms with E-state index in [1.165, 1.54) is 31.0 Å². The van der Waals surface area contributed by atoms with Crippen LogP contribution in [0.15, 0.2) is 58.0 Å². The fourth-order valence-electron chi connectivity index (χ4n) is 2.68. The molecule has 1 heterocycles. The number of thiazole rings is 1. The van der Waals surface area contributed by atoms with Crippen LogP contribution in [0.25, 0.3) is 10.2 Å². The molecule has 0 fully saturated rings. The zero-order valence-corrected chi connectivity index (χ0v) is 18.1. The molecule has 5 nitrogen and oxygen atoms in total. The van der Waals surface area contributed by atoms with E-state index in [0.29, 0.717) is 6.61 Å². The molecule has 0 radical (unpaired) electrons. The lowest BCUT2D eigenvalue weighted by Gasteiger charge is -2.08. The molecule has 2 aromatic carbocycles. The summed E-state index contributed by atoms with van der Waals surface area (Å²) in [7, 11) is 0. The van der Waals surface area contributed by atoms with Gasteiger partial charge in [0.05, 0.1) is 28.8 Å². The van der Waals surface area contributed by atoms with Crippen molar-refractivity contribution < 1.29 is 9.53 Å². The number of unbranched alkanes of at least 4 members (excludes halogenated alkanes) is 3. The summed E-state index contributed by atoms with van der Waals surface area (Å²) in [6.07, 6.45) is 6.28. The third-order valence-corrected chi connectivity index (χ3v) is 6.35. The second-order valence-corrected chi connectivity index (χ2v) is 8.73. The van der Waals surface area contributed by atoms with Crippen molar-refractivity contribution in [3.63, 3.8) is 0 Å². The lowest BCUT2D eigenvalue weighted by atomic mass is 10.2. The standard InChI is InChI=1S/C22H25N3O2S2/c1-2-3-4-9-14-27-19-12-7-5-10-17(19)15-23-25-21(26)16-28-22-24-18-11-6-8-13-20(18)29-22/h5-8,10-13,15H,2-4,9,14,16H2,1H3,(H,25,26)/b23-15+.